The van der Waals surface area contributed by atoms with E-state index in [4.69, 9.17) is 23.7 Å². The van der Waals surface area contributed by atoms with Crippen molar-refractivity contribution in [2.45, 2.75) is 172 Å². The second-order valence-electron chi connectivity index (χ2n) is 21.0. The number of ether oxygens (including phenoxy) is 5. The van der Waals surface area contributed by atoms with E-state index in [-0.39, 0.29) is 30.4 Å². The number of amides is 2. The third-order valence-corrected chi connectivity index (χ3v) is 14.4. The Morgan fingerprint density at radius 3 is 2.30 bits per heavy atom. The number of carbonyl (C=O) groups is 4. The lowest BCUT2D eigenvalue weighted by molar-refractivity contribution is -0.172. The van der Waals surface area contributed by atoms with Gasteiger partial charge >= 0.3 is 11.9 Å². The predicted molar refractivity (Wildman–Crippen MR) is 237 cm³/mol. The standard InChI is InChI=1S/C51H66N2O11/c1-29(55)43(46(58)52-36(28-54)17-19-42(56)63-48(2,3)4)53-45(57)35-23-39(44-40(24-35)61-51(64-44)25-33-10-8-9-11-34(33)26-51)60-47(59)31-14-12-30(13-15-31)22-32-16-18-41-50(7,62-41)21-20-38-37(32)27-49(38,5)6/h8-15,22,24,29,36-41,43-44,54-55H,16-21,23,25-28H2,1-7H3,(H,52,58)(H,53,57). The third kappa shape index (κ3) is 10.0. The Morgan fingerprint density at radius 1 is 0.953 bits per heavy atom. The highest BCUT2D eigenvalue weighted by Crippen LogP contribution is 2.60. The number of hydrogen-bond donors (Lipinski definition) is 4. The SMILES string of the molecule is CC(O)C(NC(=O)C1=CC2OC3(Cc4ccccc4C3)OC2C(OC(=O)c2ccc(C=C3CCC4OC4(C)CCC4C3CC4(C)C)cc2)C1)C(=O)NC(CO)CCC(=O)OC(C)(C)C. The highest BCUT2D eigenvalue weighted by atomic mass is 16.8. The summed E-state index contributed by atoms with van der Waals surface area (Å²) in [5, 5.41) is 26.0. The van der Waals surface area contributed by atoms with E-state index in [0.717, 1.165) is 42.4 Å². The van der Waals surface area contributed by atoms with Crippen molar-refractivity contribution < 1.29 is 53.1 Å². The topological polar surface area (TPSA) is 182 Å². The molecule has 64 heavy (non-hydrogen) atoms. The Hall–Kier alpha value is -4.40. The molecule has 4 fully saturated rings. The maximum Gasteiger partial charge on any atom is 0.338 e. The molecule has 13 heteroatoms. The molecule has 4 N–H and O–H groups in total. The molecular formula is C51H66N2O11. The summed E-state index contributed by atoms with van der Waals surface area (Å²) in [7, 11) is 0. The van der Waals surface area contributed by atoms with Gasteiger partial charge in [-0.05, 0) is 125 Å². The number of aliphatic hydroxyl groups is 2. The second kappa shape index (κ2) is 17.8. The van der Waals surface area contributed by atoms with Gasteiger partial charge in [0.05, 0.1) is 36.0 Å². The minimum atomic E-state index is -1.41. The Morgan fingerprint density at radius 2 is 1.66 bits per heavy atom. The molecule has 8 rings (SSSR count). The molecule has 0 radical (unpaired) electrons. The summed E-state index contributed by atoms with van der Waals surface area (Å²) in [5.41, 5.74) is 4.84. The zero-order valence-corrected chi connectivity index (χ0v) is 38.3. The van der Waals surface area contributed by atoms with Crippen LogP contribution in [0.3, 0.4) is 0 Å². The molecule has 0 bridgehead atoms. The average molecular weight is 883 g/mol. The summed E-state index contributed by atoms with van der Waals surface area (Å²) >= 11 is 0. The van der Waals surface area contributed by atoms with E-state index in [1.807, 2.05) is 36.4 Å². The number of epoxide rings is 1. The lowest BCUT2D eigenvalue weighted by atomic mass is 9.52. The Balaban J connectivity index is 0.965. The van der Waals surface area contributed by atoms with Crippen LogP contribution in [0.1, 0.15) is 127 Å². The van der Waals surface area contributed by atoms with Crippen LogP contribution in [0.5, 0.6) is 0 Å². The van der Waals surface area contributed by atoms with Crippen LogP contribution >= 0.6 is 0 Å². The number of esters is 2. The van der Waals surface area contributed by atoms with Gasteiger partial charge in [0, 0.05) is 31.3 Å². The Labute approximate surface area is 376 Å². The molecular weight excluding hydrogens is 817 g/mol. The molecule has 0 aromatic heterocycles. The number of fused-ring (bicyclic) bond motifs is 4. The molecule has 2 saturated carbocycles. The number of nitrogens with one attached hydrogen (secondary N) is 2. The summed E-state index contributed by atoms with van der Waals surface area (Å²) < 4.78 is 31.0. The predicted octanol–water partition coefficient (Wildman–Crippen LogP) is 6.06. The number of hydrogen-bond acceptors (Lipinski definition) is 11. The van der Waals surface area contributed by atoms with Crippen molar-refractivity contribution in [3.8, 4) is 0 Å². The van der Waals surface area contributed by atoms with Crippen LogP contribution in [0.25, 0.3) is 6.08 Å². The van der Waals surface area contributed by atoms with Crippen molar-refractivity contribution in [2.75, 3.05) is 6.61 Å². The van der Waals surface area contributed by atoms with Crippen molar-refractivity contribution in [2.24, 2.45) is 17.3 Å². The van der Waals surface area contributed by atoms with Gasteiger partial charge in [-0.25, -0.2) is 4.79 Å². The van der Waals surface area contributed by atoms with E-state index in [0.29, 0.717) is 41.8 Å². The molecule has 1 spiro atoms. The first kappa shape index (κ1) is 46.1. The van der Waals surface area contributed by atoms with E-state index in [1.54, 1.807) is 39.0 Å². The molecule has 346 valence electrons. The molecule has 10 unspecified atom stereocenters. The molecule has 6 aliphatic rings. The van der Waals surface area contributed by atoms with Crippen molar-refractivity contribution in [1.82, 2.24) is 10.6 Å². The van der Waals surface area contributed by atoms with Gasteiger partial charge in [0.15, 0.2) is 5.79 Å². The molecule has 2 amide bonds. The molecule has 4 aliphatic carbocycles. The first-order valence-electron chi connectivity index (χ1n) is 23.2. The zero-order valence-electron chi connectivity index (χ0n) is 38.3. The number of benzene rings is 2. The summed E-state index contributed by atoms with van der Waals surface area (Å²) in [5.74, 6) is -2.32. The summed E-state index contributed by atoms with van der Waals surface area (Å²) in [6.07, 6.45) is 6.94. The van der Waals surface area contributed by atoms with Crippen molar-refractivity contribution >= 4 is 29.8 Å². The van der Waals surface area contributed by atoms with Gasteiger partial charge in [-0.3, -0.25) is 14.4 Å². The van der Waals surface area contributed by atoms with Gasteiger partial charge in [-0.1, -0.05) is 61.9 Å². The van der Waals surface area contributed by atoms with Gasteiger partial charge in [0.25, 0.3) is 0 Å². The largest absolute Gasteiger partial charge is 0.460 e. The fourth-order valence-corrected chi connectivity index (χ4v) is 10.8. The van der Waals surface area contributed by atoms with Gasteiger partial charge < -0.3 is 44.5 Å². The lowest BCUT2D eigenvalue weighted by Gasteiger charge is -2.53. The quantitative estimate of drug-likeness (QED) is 0.144. The summed E-state index contributed by atoms with van der Waals surface area (Å²) in [6.45, 7) is 13.1. The van der Waals surface area contributed by atoms with Crippen LogP contribution in [0.2, 0.25) is 0 Å². The Kier molecular flexibility index (Phi) is 12.8. The molecule has 10 atom stereocenters. The van der Waals surface area contributed by atoms with Crippen LogP contribution in [0, 0.1) is 17.3 Å². The van der Waals surface area contributed by atoms with Crippen molar-refractivity contribution in [3.63, 3.8) is 0 Å². The smallest absolute Gasteiger partial charge is 0.338 e. The van der Waals surface area contributed by atoms with Gasteiger partial charge in [0.1, 0.15) is 30.0 Å². The van der Waals surface area contributed by atoms with E-state index < -0.39 is 78.2 Å². The van der Waals surface area contributed by atoms with Crippen LogP contribution < -0.4 is 10.6 Å². The van der Waals surface area contributed by atoms with E-state index >= 15 is 0 Å². The maximum absolute atomic E-state index is 14.1. The number of rotatable bonds is 12. The van der Waals surface area contributed by atoms with E-state index in [9.17, 15) is 29.4 Å². The minimum absolute atomic E-state index is 0.0128. The first-order valence-corrected chi connectivity index (χ1v) is 23.2. The third-order valence-electron chi connectivity index (χ3n) is 14.4. The lowest BCUT2D eigenvalue weighted by Crippen LogP contribution is -2.55. The number of allylic oxidation sites excluding steroid dienone is 1. The van der Waals surface area contributed by atoms with Crippen LogP contribution in [-0.4, -0.2) is 100 Å². The minimum Gasteiger partial charge on any atom is -0.460 e. The normalized spacial score (nSPS) is 30.6. The number of aliphatic hydroxyl groups excluding tert-OH is 2. The molecule has 2 aliphatic heterocycles. The van der Waals surface area contributed by atoms with Gasteiger partial charge in [0.2, 0.25) is 11.8 Å². The Bertz CT molecular complexity index is 2150. The van der Waals surface area contributed by atoms with Gasteiger partial charge in [-0.2, -0.15) is 0 Å². The van der Waals surface area contributed by atoms with Crippen LogP contribution in [-0.2, 0) is 50.9 Å². The number of carbonyl (C=O) groups excluding carboxylic acids is 4. The van der Waals surface area contributed by atoms with Gasteiger partial charge in [-0.15, -0.1) is 0 Å². The van der Waals surface area contributed by atoms with E-state index in [2.05, 4.69) is 37.5 Å². The summed E-state index contributed by atoms with van der Waals surface area (Å²) in [6, 6.07) is 13.2. The maximum atomic E-state index is 14.1. The summed E-state index contributed by atoms with van der Waals surface area (Å²) in [4.78, 5) is 53.8. The fourth-order valence-electron chi connectivity index (χ4n) is 10.8. The highest BCUT2D eigenvalue weighted by Gasteiger charge is 2.57. The highest BCUT2D eigenvalue weighted by molar-refractivity contribution is 5.98. The van der Waals surface area contributed by atoms with Crippen LogP contribution in [0.15, 0.2) is 65.8 Å². The van der Waals surface area contributed by atoms with Crippen molar-refractivity contribution in [3.05, 3.63) is 88.0 Å². The average Bonchev–Trinajstić information content (AvgIpc) is 3.51. The van der Waals surface area contributed by atoms with Crippen LogP contribution in [0.4, 0.5) is 0 Å². The second-order valence-corrected chi connectivity index (χ2v) is 21.0. The molecule has 2 aromatic rings. The van der Waals surface area contributed by atoms with Crippen molar-refractivity contribution in [1.29, 1.82) is 0 Å². The monoisotopic (exact) mass is 882 g/mol. The molecule has 2 aromatic carbocycles. The molecule has 2 saturated heterocycles. The molecule has 2 heterocycles. The molecule has 13 nitrogen and oxygen atoms in total. The zero-order chi connectivity index (χ0) is 45.8. The van der Waals surface area contributed by atoms with E-state index in [1.165, 1.54) is 18.9 Å². The first-order chi connectivity index (χ1) is 30.2. The fraction of sp³-hybridized carbons (Fsp3) is 0.608.